The van der Waals surface area contributed by atoms with E-state index < -0.39 is 0 Å². The predicted octanol–water partition coefficient (Wildman–Crippen LogP) is 7.06. The summed E-state index contributed by atoms with van der Waals surface area (Å²) in [6.07, 6.45) is 2.57. The Morgan fingerprint density at radius 1 is 0.845 bits per heavy atom. The van der Waals surface area contributed by atoms with E-state index >= 15 is 0 Å². The lowest BCUT2D eigenvalue weighted by Gasteiger charge is -2.36. The van der Waals surface area contributed by atoms with E-state index in [1.54, 1.807) is 12.1 Å². The van der Waals surface area contributed by atoms with Gasteiger partial charge in [0.2, 0.25) is 0 Å². The molecule has 58 heavy (non-hydrogen) atoms. The summed E-state index contributed by atoms with van der Waals surface area (Å²) < 4.78 is 21.7. The molecule has 4 aromatic carbocycles. The monoisotopic (exact) mass is 800 g/mol. The Morgan fingerprint density at radius 2 is 1.59 bits per heavy atom. The van der Waals surface area contributed by atoms with E-state index in [0.717, 1.165) is 152 Å². The zero-order chi connectivity index (χ0) is 40.0. The normalized spacial score (nSPS) is 15.5. The van der Waals surface area contributed by atoms with E-state index in [1.807, 2.05) is 29.9 Å². The molecule has 6 aromatic rings. The number of nitrogens with one attached hydrogen (secondary N) is 1. The molecule has 2 aliphatic rings. The Balaban J connectivity index is 1.05. The number of para-hydroxylation sites is 1. The zero-order valence-corrected chi connectivity index (χ0v) is 35.1. The Hall–Kier alpha value is -4.85. The Bertz CT molecular complexity index is 2320. The maximum absolute atomic E-state index is 13.2. The van der Waals surface area contributed by atoms with Crippen molar-refractivity contribution < 1.29 is 14.3 Å². The first-order valence-corrected chi connectivity index (χ1v) is 21.3. The first-order valence-electron chi connectivity index (χ1n) is 20.6. The van der Waals surface area contributed by atoms with Crippen LogP contribution in [0.4, 0.5) is 5.69 Å². The van der Waals surface area contributed by atoms with Crippen molar-refractivity contribution in [1.29, 1.82) is 0 Å². The highest BCUT2D eigenvalue weighted by molar-refractivity contribution is 7.94. The molecule has 0 spiro atoms. The molecule has 0 aliphatic carbocycles. The summed E-state index contributed by atoms with van der Waals surface area (Å²) >= 11 is 1.78. The van der Waals surface area contributed by atoms with Crippen molar-refractivity contribution in [2.45, 2.75) is 32.9 Å². The molecule has 0 amide bonds. The zero-order valence-electron chi connectivity index (χ0n) is 34.3. The lowest BCUT2D eigenvalue weighted by molar-refractivity contribution is 0.111. The smallest absolute Gasteiger partial charge is 0.166 e. The molecule has 4 heterocycles. The number of aromatic nitrogens is 3. The molecule has 1 N–H and O–H groups in total. The van der Waals surface area contributed by atoms with E-state index in [9.17, 15) is 4.79 Å². The van der Waals surface area contributed by atoms with Crippen molar-refractivity contribution in [3.63, 3.8) is 0 Å². The van der Waals surface area contributed by atoms with Gasteiger partial charge in [-0.1, -0.05) is 54.6 Å². The molecular weight excluding hydrogens is 745 g/mol. The van der Waals surface area contributed by atoms with Gasteiger partial charge in [-0.05, 0) is 75.1 Å². The molecule has 0 saturated carbocycles. The predicted molar refractivity (Wildman–Crippen MR) is 237 cm³/mol. The largest absolute Gasteiger partial charge is 0.493 e. The average molecular weight is 801 g/mol. The number of hydrogen-bond donors (Lipinski definition) is 1. The first kappa shape index (κ1) is 40.0. The minimum atomic E-state index is 0.364. The second-order valence-corrected chi connectivity index (χ2v) is 16.9. The molecule has 304 valence electrons. The number of carbonyl (C=O) groups excluding carboxylic acids is 1. The van der Waals surface area contributed by atoms with Crippen LogP contribution in [0.5, 0.6) is 11.5 Å². The van der Waals surface area contributed by atoms with Gasteiger partial charge in [0.1, 0.15) is 18.1 Å². The van der Waals surface area contributed by atoms with Gasteiger partial charge in [-0.3, -0.25) is 14.4 Å². The van der Waals surface area contributed by atoms with Gasteiger partial charge < -0.3 is 24.3 Å². The summed E-state index contributed by atoms with van der Waals surface area (Å²) in [4.78, 5) is 18.1. The van der Waals surface area contributed by atoms with Gasteiger partial charge in [0.05, 0.1) is 29.2 Å². The summed E-state index contributed by atoms with van der Waals surface area (Å²) in [5.41, 5.74) is 8.18. The lowest BCUT2D eigenvalue weighted by atomic mass is 9.98. The summed E-state index contributed by atoms with van der Waals surface area (Å²) in [6.45, 7) is 12.6. The fourth-order valence-corrected chi connectivity index (χ4v) is 9.43. The minimum absolute atomic E-state index is 0.364. The maximum atomic E-state index is 13.2. The molecule has 0 unspecified atom stereocenters. The Morgan fingerprint density at radius 3 is 2.36 bits per heavy atom. The lowest BCUT2D eigenvalue weighted by Crippen LogP contribution is -2.44. The molecule has 0 bridgehead atoms. The average Bonchev–Trinajstić information content (AvgIpc) is 3.72. The molecule has 2 fully saturated rings. The molecule has 0 radical (unpaired) electrons. The molecule has 11 nitrogen and oxygen atoms in total. The number of carbonyl (C=O) groups is 1. The minimum Gasteiger partial charge on any atom is -0.493 e. The number of aryl methyl sites for hydroxylation is 3. The highest BCUT2D eigenvalue weighted by atomic mass is 32.2. The number of benzene rings is 4. The van der Waals surface area contributed by atoms with Crippen LogP contribution in [0, 0.1) is 6.92 Å². The number of ether oxygens (including phenoxy) is 2. The topological polar surface area (TPSA) is 83.3 Å². The van der Waals surface area contributed by atoms with Gasteiger partial charge in [0.15, 0.2) is 6.29 Å². The van der Waals surface area contributed by atoms with E-state index in [1.165, 1.54) is 5.69 Å². The van der Waals surface area contributed by atoms with Crippen LogP contribution in [0.3, 0.4) is 0 Å². The van der Waals surface area contributed by atoms with Crippen molar-refractivity contribution in [2.75, 3.05) is 84.5 Å². The fourth-order valence-electron chi connectivity index (χ4n) is 8.65. The molecule has 2 saturated heterocycles. The molecule has 0 atom stereocenters. The summed E-state index contributed by atoms with van der Waals surface area (Å²) in [6, 6.07) is 29.5. The van der Waals surface area contributed by atoms with Crippen LogP contribution in [0.25, 0.3) is 32.8 Å². The first-order chi connectivity index (χ1) is 28.4. The number of hydrogen-bond acceptors (Lipinski definition) is 10. The summed E-state index contributed by atoms with van der Waals surface area (Å²) in [7, 11) is 6.17. The third-order valence-corrected chi connectivity index (χ3v) is 12.4. The standard InChI is InChI=1S/C46H56N8O3S/c1-34-45(43(50(4)48-34)33-57-37-19-17-36(18-20-37)52-26-28-53(29-27-52)58-49(2)3)41-14-8-13-40-39(15-9-31-56-44-16-7-11-35-10-5-6-12-38(35)44)42(32-55)54(46(40)41)30-25-51-23-21-47-22-24-51/h5-8,10-14,16-20,32,47H,9,15,21-31,33H2,1-4H3. The molecule has 8 rings (SSSR count). The molecule has 12 heteroatoms. The van der Waals surface area contributed by atoms with E-state index in [4.69, 9.17) is 14.6 Å². The van der Waals surface area contributed by atoms with Crippen LogP contribution < -0.4 is 19.7 Å². The number of piperazine rings is 2. The van der Waals surface area contributed by atoms with Crippen LogP contribution in [0.1, 0.15) is 33.9 Å². The number of aldehydes is 1. The van der Waals surface area contributed by atoms with Crippen LogP contribution in [0.15, 0.2) is 84.9 Å². The van der Waals surface area contributed by atoms with Crippen molar-refractivity contribution in [1.82, 2.24) is 33.2 Å². The number of nitrogens with zero attached hydrogens (tertiary/aromatic N) is 7. The maximum Gasteiger partial charge on any atom is 0.166 e. The third-order valence-electron chi connectivity index (χ3n) is 11.5. The van der Waals surface area contributed by atoms with Gasteiger partial charge in [-0.25, -0.2) is 8.61 Å². The second-order valence-electron chi connectivity index (χ2n) is 15.5. The van der Waals surface area contributed by atoms with Gasteiger partial charge in [0, 0.05) is 112 Å². The molecule has 2 aliphatic heterocycles. The van der Waals surface area contributed by atoms with Gasteiger partial charge in [-0.15, -0.1) is 0 Å². The van der Waals surface area contributed by atoms with E-state index in [0.29, 0.717) is 13.2 Å². The highest BCUT2D eigenvalue weighted by Crippen LogP contribution is 2.38. The fraction of sp³-hybridized carbons (Fsp3) is 0.391. The Labute approximate surface area is 346 Å². The second kappa shape index (κ2) is 18.4. The number of anilines is 1. The summed E-state index contributed by atoms with van der Waals surface area (Å²) in [5.74, 6) is 1.71. The van der Waals surface area contributed by atoms with Gasteiger partial charge >= 0.3 is 0 Å². The van der Waals surface area contributed by atoms with Crippen molar-refractivity contribution >= 4 is 45.8 Å². The van der Waals surface area contributed by atoms with Crippen LogP contribution in [0.2, 0.25) is 0 Å². The van der Waals surface area contributed by atoms with Crippen molar-refractivity contribution in [3.05, 3.63) is 108 Å². The van der Waals surface area contributed by atoms with Crippen LogP contribution in [-0.2, 0) is 26.6 Å². The van der Waals surface area contributed by atoms with Crippen LogP contribution in [-0.4, -0.2) is 114 Å². The van der Waals surface area contributed by atoms with E-state index in [-0.39, 0.29) is 0 Å². The van der Waals surface area contributed by atoms with Gasteiger partial charge in [0.25, 0.3) is 0 Å². The van der Waals surface area contributed by atoms with Gasteiger partial charge in [-0.2, -0.15) is 5.10 Å². The SMILES string of the molecule is Cc1nn(C)c(COc2ccc(N3CCN(SN(C)C)CC3)cc2)c1-c1cccc2c(CCCOc3cccc4ccccc34)c(C=O)n(CCN3CCNCC3)c12. The molecule has 2 aromatic heterocycles. The quantitative estimate of drug-likeness (QED) is 0.0625. The Kier molecular flexibility index (Phi) is 12.7. The summed E-state index contributed by atoms with van der Waals surface area (Å²) in [5, 5.41) is 11.8. The van der Waals surface area contributed by atoms with E-state index in [2.05, 4.69) is 116 Å². The third kappa shape index (κ3) is 8.76. The van der Waals surface area contributed by atoms with Crippen molar-refractivity contribution in [2.24, 2.45) is 7.05 Å². The highest BCUT2D eigenvalue weighted by Gasteiger charge is 2.25. The number of rotatable bonds is 16. The van der Waals surface area contributed by atoms with Crippen molar-refractivity contribution in [3.8, 4) is 22.6 Å². The molecular formula is C46H56N8O3S. The number of fused-ring (bicyclic) bond motifs is 2. The van der Waals surface area contributed by atoms with Crippen LogP contribution >= 0.6 is 12.1 Å².